The van der Waals surface area contributed by atoms with Gasteiger partial charge in [-0.15, -0.1) is 0 Å². The van der Waals surface area contributed by atoms with Gasteiger partial charge in [-0.05, 0) is 49.6 Å². The molecule has 0 saturated heterocycles. The minimum atomic E-state index is -3.90. The number of hydrogen-bond acceptors (Lipinski definition) is 4. The molecule has 2 aromatic rings. The zero-order chi connectivity index (χ0) is 26.5. The molecule has 1 aliphatic rings. The minimum Gasteiger partial charge on any atom is -0.352 e. The summed E-state index contributed by atoms with van der Waals surface area (Å²) in [6.45, 7) is 1.25. The fourth-order valence-electron chi connectivity index (χ4n) is 4.26. The smallest absolute Gasteiger partial charge is 0.244 e. The number of halogens is 3. The van der Waals surface area contributed by atoms with Crippen LogP contribution >= 0.6 is 39.1 Å². The fourth-order valence-corrected chi connectivity index (χ4v) is 6.01. The van der Waals surface area contributed by atoms with Gasteiger partial charge in [-0.2, -0.15) is 0 Å². The number of sulfonamides is 1. The average molecular weight is 619 g/mol. The van der Waals surface area contributed by atoms with Gasteiger partial charge >= 0.3 is 0 Å². The van der Waals surface area contributed by atoms with Crippen LogP contribution in [-0.2, 0) is 26.2 Å². The normalized spacial score (nSPS) is 15.2. The van der Waals surface area contributed by atoms with Crippen molar-refractivity contribution in [1.82, 2.24) is 10.2 Å². The molecule has 1 aliphatic carbocycles. The van der Waals surface area contributed by atoms with Crippen molar-refractivity contribution < 1.29 is 18.0 Å². The Morgan fingerprint density at radius 3 is 2.42 bits per heavy atom. The minimum absolute atomic E-state index is 0.0269. The molecule has 1 N–H and O–H groups in total. The predicted octanol–water partition coefficient (Wildman–Crippen LogP) is 5.39. The number of amides is 2. The van der Waals surface area contributed by atoms with Crippen LogP contribution in [0.1, 0.15) is 44.6 Å². The van der Waals surface area contributed by atoms with E-state index in [1.54, 1.807) is 13.0 Å². The van der Waals surface area contributed by atoms with Crippen LogP contribution in [0.3, 0.4) is 0 Å². The van der Waals surface area contributed by atoms with Crippen LogP contribution in [0.5, 0.6) is 0 Å². The van der Waals surface area contributed by atoms with Gasteiger partial charge in [0.25, 0.3) is 0 Å². The monoisotopic (exact) mass is 617 g/mol. The Labute approximate surface area is 231 Å². The third-order valence-corrected chi connectivity index (χ3v) is 8.67. The van der Waals surface area contributed by atoms with Crippen molar-refractivity contribution in [1.29, 1.82) is 0 Å². The number of anilines is 1. The molecule has 2 amide bonds. The summed E-state index contributed by atoms with van der Waals surface area (Å²) in [5.74, 6) is -0.806. The van der Waals surface area contributed by atoms with Crippen molar-refractivity contribution in [3.05, 3.63) is 62.5 Å². The summed E-state index contributed by atoms with van der Waals surface area (Å²) in [6.07, 6.45) is 6.09. The Hall–Kier alpha value is -1.81. The van der Waals surface area contributed by atoms with Gasteiger partial charge in [0.2, 0.25) is 21.8 Å². The number of carbonyl (C=O) groups excluding carboxylic acids is 2. The maximum Gasteiger partial charge on any atom is 0.244 e. The molecule has 1 atom stereocenters. The standard InChI is InChI=1S/C25H30BrCl2N3O4S/c1-17(25(33)29-20-10-4-3-5-11-20)30(15-18-8-6-9-19(26)14-18)23(32)16-31(36(2,34)35)22-13-7-12-21(27)24(22)28/h6-9,12-14,17,20H,3-5,10-11,15-16H2,1-2H3,(H,29,33)/t17-/m1/s1. The molecule has 36 heavy (non-hydrogen) atoms. The average Bonchev–Trinajstić information content (AvgIpc) is 2.82. The number of carbonyl (C=O) groups is 2. The van der Waals surface area contributed by atoms with E-state index in [2.05, 4.69) is 21.2 Å². The molecule has 3 rings (SSSR count). The molecule has 0 radical (unpaired) electrons. The summed E-state index contributed by atoms with van der Waals surface area (Å²) in [6, 6.07) is 11.2. The largest absolute Gasteiger partial charge is 0.352 e. The molecule has 1 fully saturated rings. The first-order valence-corrected chi connectivity index (χ1v) is 15.1. The quantitative estimate of drug-likeness (QED) is 0.408. The SMILES string of the molecule is C[C@H](C(=O)NC1CCCCC1)N(Cc1cccc(Br)c1)C(=O)CN(c1cccc(Cl)c1Cl)S(C)(=O)=O. The van der Waals surface area contributed by atoms with Crippen LogP contribution in [0, 0.1) is 0 Å². The van der Waals surface area contributed by atoms with E-state index < -0.39 is 28.5 Å². The Balaban J connectivity index is 1.90. The lowest BCUT2D eigenvalue weighted by molar-refractivity contribution is -0.139. The highest BCUT2D eigenvalue weighted by molar-refractivity contribution is 9.10. The maximum absolute atomic E-state index is 13.6. The van der Waals surface area contributed by atoms with Crippen molar-refractivity contribution in [2.45, 2.75) is 57.7 Å². The second-order valence-corrected chi connectivity index (χ2v) is 12.6. The zero-order valence-corrected chi connectivity index (χ0v) is 24.1. The molecule has 0 heterocycles. The number of rotatable bonds is 9. The summed E-state index contributed by atoms with van der Waals surface area (Å²) in [5, 5.41) is 3.27. The van der Waals surface area contributed by atoms with Crippen LogP contribution in [0.4, 0.5) is 5.69 Å². The lowest BCUT2D eigenvalue weighted by Crippen LogP contribution is -2.53. The van der Waals surface area contributed by atoms with Crippen LogP contribution in [0.2, 0.25) is 10.0 Å². The van der Waals surface area contributed by atoms with Gasteiger partial charge in [0.1, 0.15) is 12.6 Å². The van der Waals surface area contributed by atoms with Gasteiger partial charge in [0.15, 0.2) is 0 Å². The Morgan fingerprint density at radius 1 is 1.11 bits per heavy atom. The van der Waals surface area contributed by atoms with Gasteiger partial charge in [-0.1, -0.05) is 76.6 Å². The predicted molar refractivity (Wildman–Crippen MR) is 148 cm³/mol. The molecule has 196 valence electrons. The lowest BCUT2D eigenvalue weighted by atomic mass is 9.95. The highest BCUT2D eigenvalue weighted by Crippen LogP contribution is 2.33. The highest BCUT2D eigenvalue weighted by atomic mass is 79.9. The molecule has 0 aliphatic heterocycles. The number of nitrogens with one attached hydrogen (secondary N) is 1. The topological polar surface area (TPSA) is 86.8 Å². The van der Waals surface area contributed by atoms with Gasteiger partial charge in [-0.3, -0.25) is 13.9 Å². The maximum atomic E-state index is 13.6. The summed E-state index contributed by atoms with van der Waals surface area (Å²) in [5.41, 5.74) is 0.892. The first-order valence-electron chi connectivity index (χ1n) is 11.7. The summed E-state index contributed by atoms with van der Waals surface area (Å²) >= 11 is 15.8. The van der Waals surface area contributed by atoms with E-state index in [4.69, 9.17) is 23.2 Å². The van der Waals surface area contributed by atoms with Gasteiger partial charge in [-0.25, -0.2) is 8.42 Å². The second-order valence-electron chi connectivity index (χ2n) is 9.01. The van der Waals surface area contributed by atoms with Crippen LogP contribution < -0.4 is 9.62 Å². The molecule has 11 heteroatoms. The van der Waals surface area contributed by atoms with E-state index in [1.165, 1.54) is 17.0 Å². The molecule has 0 unspecified atom stereocenters. The van der Waals surface area contributed by atoms with Crippen molar-refractivity contribution in [3.63, 3.8) is 0 Å². The third-order valence-electron chi connectivity index (χ3n) is 6.24. The number of nitrogens with zero attached hydrogens (tertiary/aromatic N) is 2. The van der Waals surface area contributed by atoms with Gasteiger partial charge in [0, 0.05) is 17.1 Å². The molecular weight excluding hydrogens is 589 g/mol. The van der Waals surface area contributed by atoms with Gasteiger partial charge < -0.3 is 10.2 Å². The molecule has 1 saturated carbocycles. The molecule has 0 bridgehead atoms. The number of hydrogen-bond donors (Lipinski definition) is 1. The fraction of sp³-hybridized carbons (Fsp3) is 0.440. The first kappa shape index (κ1) is 28.8. The molecule has 0 aromatic heterocycles. The molecule has 2 aromatic carbocycles. The molecule has 0 spiro atoms. The molecular formula is C25H30BrCl2N3O4S. The van der Waals surface area contributed by atoms with E-state index in [1.807, 2.05) is 24.3 Å². The summed E-state index contributed by atoms with van der Waals surface area (Å²) < 4.78 is 27.1. The van der Waals surface area contributed by atoms with Crippen molar-refractivity contribution >= 4 is 66.7 Å². The van der Waals surface area contributed by atoms with Gasteiger partial charge in [0.05, 0.1) is 22.0 Å². The van der Waals surface area contributed by atoms with Crippen molar-refractivity contribution in [2.75, 3.05) is 17.1 Å². The van der Waals surface area contributed by atoms with E-state index in [0.29, 0.717) is 0 Å². The second kappa shape index (κ2) is 12.6. The van der Waals surface area contributed by atoms with Crippen molar-refractivity contribution in [3.8, 4) is 0 Å². The lowest BCUT2D eigenvalue weighted by Gasteiger charge is -2.33. The third kappa shape index (κ3) is 7.60. The first-order chi connectivity index (χ1) is 17.0. The van der Waals surface area contributed by atoms with Crippen molar-refractivity contribution in [2.24, 2.45) is 0 Å². The summed E-state index contributed by atoms with van der Waals surface area (Å²) in [4.78, 5) is 28.2. The Morgan fingerprint density at radius 2 is 1.78 bits per heavy atom. The highest BCUT2D eigenvalue weighted by Gasteiger charge is 2.32. The van der Waals surface area contributed by atoms with E-state index in [9.17, 15) is 18.0 Å². The van der Waals surface area contributed by atoms with E-state index >= 15 is 0 Å². The molecule has 7 nitrogen and oxygen atoms in total. The van der Waals surface area contributed by atoms with Crippen LogP contribution in [-0.4, -0.2) is 50.0 Å². The van der Waals surface area contributed by atoms with Crippen LogP contribution in [0.15, 0.2) is 46.9 Å². The van der Waals surface area contributed by atoms with E-state index in [0.717, 1.165) is 52.7 Å². The Bertz CT molecular complexity index is 1210. The zero-order valence-electron chi connectivity index (χ0n) is 20.2. The Kier molecular flexibility index (Phi) is 10.1. The van der Waals surface area contributed by atoms with Crippen LogP contribution in [0.25, 0.3) is 0 Å². The summed E-state index contributed by atoms with van der Waals surface area (Å²) in [7, 11) is -3.90. The van der Waals surface area contributed by atoms with E-state index in [-0.39, 0.29) is 34.2 Å². The number of benzene rings is 2.